The van der Waals surface area contributed by atoms with Crippen molar-refractivity contribution in [2.24, 2.45) is 0 Å². The molecule has 0 aliphatic rings. The summed E-state index contributed by atoms with van der Waals surface area (Å²) in [6.45, 7) is 0. The number of nitrogens with zero attached hydrogens (tertiary/aromatic N) is 5. The molecule has 0 radical (unpaired) electrons. The SMILES string of the molecule is O=C(N[C@@H](Cc1ccccc1)c1ccccc1)c1csc(CSc2nnc(-c3ccncc3)n2-c2cccc(Cl)c2)n1. The van der Waals surface area contributed by atoms with Gasteiger partial charge in [0.25, 0.3) is 5.91 Å². The minimum absolute atomic E-state index is 0.177. The second-order valence-corrected chi connectivity index (χ2v) is 11.7. The van der Waals surface area contributed by atoms with E-state index in [1.807, 2.05) is 89.5 Å². The summed E-state index contributed by atoms with van der Waals surface area (Å²) in [5.74, 6) is 1.01. The third-order valence-corrected chi connectivity index (χ3v) is 8.74. The second-order valence-electron chi connectivity index (χ2n) is 9.40. The summed E-state index contributed by atoms with van der Waals surface area (Å²) < 4.78 is 1.97. The normalized spacial score (nSPS) is 11.7. The van der Waals surface area contributed by atoms with Crippen molar-refractivity contribution in [3.05, 3.63) is 142 Å². The maximum absolute atomic E-state index is 13.3. The molecule has 6 rings (SSSR count). The fourth-order valence-corrected chi connectivity index (χ4v) is 6.46. The van der Waals surface area contributed by atoms with Gasteiger partial charge in [0.2, 0.25) is 0 Å². The smallest absolute Gasteiger partial charge is 0.271 e. The van der Waals surface area contributed by atoms with Crippen LogP contribution in [-0.4, -0.2) is 30.6 Å². The maximum Gasteiger partial charge on any atom is 0.271 e. The number of hydrogen-bond donors (Lipinski definition) is 1. The minimum atomic E-state index is -0.200. The van der Waals surface area contributed by atoms with E-state index in [1.165, 1.54) is 23.1 Å². The first kappa shape index (κ1) is 27.8. The molecule has 0 unspecified atom stereocenters. The highest BCUT2D eigenvalue weighted by atomic mass is 35.5. The number of nitrogens with one attached hydrogen (secondary N) is 1. The zero-order valence-corrected chi connectivity index (χ0v) is 24.7. The van der Waals surface area contributed by atoms with Crippen molar-refractivity contribution in [3.63, 3.8) is 0 Å². The van der Waals surface area contributed by atoms with Gasteiger partial charge >= 0.3 is 0 Å². The lowest BCUT2D eigenvalue weighted by Gasteiger charge is -2.19. The lowest BCUT2D eigenvalue weighted by atomic mass is 9.99. The molecule has 6 aromatic rings. The molecule has 0 bridgehead atoms. The van der Waals surface area contributed by atoms with Crippen LogP contribution in [0.2, 0.25) is 5.02 Å². The van der Waals surface area contributed by atoms with Gasteiger partial charge in [0, 0.05) is 28.4 Å². The molecule has 7 nitrogen and oxygen atoms in total. The number of halogens is 1. The lowest BCUT2D eigenvalue weighted by molar-refractivity contribution is 0.0932. The van der Waals surface area contributed by atoms with Gasteiger partial charge in [0.05, 0.1) is 17.5 Å². The molecule has 3 aromatic carbocycles. The number of pyridine rings is 1. The summed E-state index contributed by atoms with van der Waals surface area (Å²) in [5, 5.41) is 16.1. The standard InChI is InChI=1S/C32H25ClN6OS2/c33-25-12-7-13-26(19-25)39-30(24-14-16-34-17-15-24)37-38-32(39)42-21-29-35-28(20-41-29)31(40)36-27(23-10-5-2-6-11-23)18-22-8-3-1-4-9-22/h1-17,19-20,27H,18,21H2,(H,36,40)/t27-/m0/s1. The van der Waals surface area contributed by atoms with Gasteiger partial charge in [0.1, 0.15) is 10.7 Å². The van der Waals surface area contributed by atoms with E-state index < -0.39 is 0 Å². The van der Waals surface area contributed by atoms with E-state index in [0.29, 0.717) is 33.9 Å². The molecule has 1 atom stereocenters. The van der Waals surface area contributed by atoms with Crippen LogP contribution >= 0.6 is 34.7 Å². The molecule has 42 heavy (non-hydrogen) atoms. The van der Waals surface area contributed by atoms with Crippen LogP contribution in [0.4, 0.5) is 0 Å². The van der Waals surface area contributed by atoms with Crippen LogP contribution in [0.25, 0.3) is 17.1 Å². The van der Waals surface area contributed by atoms with Crippen LogP contribution in [0.1, 0.15) is 32.7 Å². The van der Waals surface area contributed by atoms with E-state index in [1.54, 1.807) is 17.8 Å². The quantitative estimate of drug-likeness (QED) is 0.163. The molecule has 3 aromatic heterocycles. The predicted molar refractivity (Wildman–Crippen MR) is 168 cm³/mol. The summed E-state index contributed by atoms with van der Waals surface area (Å²) >= 11 is 9.27. The maximum atomic E-state index is 13.3. The summed E-state index contributed by atoms with van der Waals surface area (Å²) in [4.78, 5) is 22.1. The number of hydrogen-bond acceptors (Lipinski definition) is 7. The zero-order valence-electron chi connectivity index (χ0n) is 22.3. The van der Waals surface area contributed by atoms with Crippen molar-refractivity contribution in [1.29, 1.82) is 0 Å². The Balaban J connectivity index is 1.19. The van der Waals surface area contributed by atoms with Gasteiger partial charge in [-0.15, -0.1) is 21.5 Å². The molecule has 0 aliphatic heterocycles. The van der Waals surface area contributed by atoms with Crippen molar-refractivity contribution < 1.29 is 4.79 Å². The molecular formula is C32H25ClN6OS2. The molecule has 0 saturated carbocycles. The number of amides is 1. The number of thiazole rings is 1. The van der Waals surface area contributed by atoms with E-state index in [0.717, 1.165) is 27.4 Å². The van der Waals surface area contributed by atoms with Gasteiger partial charge in [-0.2, -0.15) is 0 Å². The van der Waals surface area contributed by atoms with Crippen LogP contribution in [0.5, 0.6) is 0 Å². The van der Waals surface area contributed by atoms with E-state index in [2.05, 4.69) is 37.6 Å². The van der Waals surface area contributed by atoms with Gasteiger partial charge < -0.3 is 5.32 Å². The largest absolute Gasteiger partial charge is 0.344 e. The third kappa shape index (κ3) is 6.60. The number of rotatable bonds is 10. The summed E-state index contributed by atoms with van der Waals surface area (Å²) in [7, 11) is 0. The molecule has 0 aliphatic carbocycles. The van der Waals surface area contributed by atoms with Crippen LogP contribution in [0.15, 0.2) is 120 Å². The second kappa shape index (κ2) is 13.1. The highest BCUT2D eigenvalue weighted by Crippen LogP contribution is 2.31. The Hall–Kier alpha value is -4.31. The number of carbonyl (C=O) groups excluding carboxylic acids is 1. The Labute approximate surface area is 256 Å². The van der Waals surface area contributed by atoms with E-state index in [-0.39, 0.29) is 11.9 Å². The number of carbonyl (C=O) groups is 1. The van der Waals surface area contributed by atoms with Crippen molar-refractivity contribution in [2.75, 3.05) is 0 Å². The van der Waals surface area contributed by atoms with Gasteiger partial charge in [-0.25, -0.2) is 4.98 Å². The van der Waals surface area contributed by atoms with Gasteiger partial charge in [-0.1, -0.05) is 90.1 Å². The van der Waals surface area contributed by atoms with Crippen LogP contribution in [0.3, 0.4) is 0 Å². The first-order valence-corrected chi connectivity index (χ1v) is 15.5. The Morgan fingerprint density at radius 2 is 1.69 bits per heavy atom. The Bertz CT molecular complexity index is 1780. The number of aromatic nitrogens is 5. The number of thioether (sulfide) groups is 1. The van der Waals surface area contributed by atoms with Gasteiger partial charge in [-0.05, 0) is 47.9 Å². The molecule has 1 N–H and O–H groups in total. The average Bonchev–Trinajstić information content (AvgIpc) is 3.69. The summed E-state index contributed by atoms with van der Waals surface area (Å²) in [6.07, 6.45) is 4.13. The van der Waals surface area contributed by atoms with Crippen molar-refractivity contribution in [2.45, 2.75) is 23.4 Å². The molecular weight excluding hydrogens is 584 g/mol. The van der Waals surface area contributed by atoms with Crippen LogP contribution in [-0.2, 0) is 12.2 Å². The zero-order chi connectivity index (χ0) is 28.7. The van der Waals surface area contributed by atoms with Crippen LogP contribution < -0.4 is 5.32 Å². The molecule has 0 saturated heterocycles. The average molecular weight is 609 g/mol. The van der Waals surface area contributed by atoms with Crippen molar-refractivity contribution in [3.8, 4) is 17.1 Å². The van der Waals surface area contributed by atoms with E-state index in [4.69, 9.17) is 11.6 Å². The fourth-order valence-electron chi connectivity index (χ4n) is 4.53. The van der Waals surface area contributed by atoms with Crippen LogP contribution in [0, 0.1) is 0 Å². The monoisotopic (exact) mass is 608 g/mol. The highest BCUT2D eigenvalue weighted by Gasteiger charge is 2.20. The van der Waals surface area contributed by atoms with Crippen molar-refractivity contribution >= 4 is 40.6 Å². The van der Waals surface area contributed by atoms with Gasteiger partial charge in [-0.3, -0.25) is 14.3 Å². The Kier molecular flexibility index (Phi) is 8.69. The van der Waals surface area contributed by atoms with Crippen molar-refractivity contribution in [1.82, 2.24) is 30.0 Å². The molecule has 0 spiro atoms. The molecule has 0 fully saturated rings. The van der Waals surface area contributed by atoms with E-state index >= 15 is 0 Å². The molecule has 208 valence electrons. The Morgan fingerprint density at radius 1 is 0.929 bits per heavy atom. The molecule has 3 heterocycles. The van der Waals surface area contributed by atoms with E-state index in [9.17, 15) is 4.79 Å². The van der Waals surface area contributed by atoms with Gasteiger partial charge in [0.15, 0.2) is 11.0 Å². The summed E-state index contributed by atoms with van der Waals surface area (Å²) in [6, 6.07) is 31.4. The topological polar surface area (TPSA) is 85.6 Å². The lowest BCUT2D eigenvalue weighted by Crippen LogP contribution is -2.30. The predicted octanol–water partition coefficient (Wildman–Crippen LogP) is 7.45. The fraction of sp³-hybridized carbons (Fsp3) is 0.0938. The first-order chi connectivity index (χ1) is 20.6. The third-order valence-electron chi connectivity index (χ3n) is 6.54. The first-order valence-electron chi connectivity index (χ1n) is 13.2. The number of benzene rings is 3. The highest BCUT2D eigenvalue weighted by molar-refractivity contribution is 7.98. The Morgan fingerprint density at radius 3 is 2.45 bits per heavy atom. The molecule has 1 amide bonds. The summed E-state index contributed by atoms with van der Waals surface area (Å²) in [5.41, 5.74) is 4.34. The molecule has 10 heteroatoms. The minimum Gasteiger partial charge on any atom is -0.344 e.